The molecule has 0 unspecified atom stereocenters. The van der Waals surface area contributed by atoms with Crippen LogP contribution in [-0.2, 0) is 0 Å². The van der Waals surface area contributed by atoms with Crippen LogP contribution in [0.15, 0.2) is 72.9 Å². The van der Waals surface area contributed by atoms with Gasteiger partial charge in [-0.15, -0.1) is 0 Å². The summed E-state index contributed by atoms with van der Waals surface area (Å²) in [4.78, 5) is 14.0. The molecule has 25 heavy (non-hydrogen) atoms. The lowest BCUT2D eigenvalue weighted by atomic mass is 10.0. The molecule has 0 aliphatic heterocycles. The highest BCUT2D eigenvalue weighted by molar-refractivity contribution is 6.14. The molecule has 0 atom stereocenters. The number of fused-ring (bicyclic) bond motifs is 4. The van der Waals surface area contributed by atoms with Gasteiger partial charge < -0.3 is 5.73 Å². The van der Waals surface area contributed by atoms with Gasteiger partial charge in [0.15, 0.2) is 11.5 Å². The number of rotatable bonds is 1. The van der Waals surface area contributed by atoms with E-state index >= 15 is 0 Å². The molecule has 5 rings (SSSR count). The average molecular weight is 322 g/mol. The molecule has 2 aromatic heterocycles. The van der Waals surface area contributed by atoms with Crippen LogP contribution in [0.4, 0.5) is 5.69 Å². The van der Waals surface area contributed by atoms with Crippen LogP contribution in [0, 0.1) is 0 Å². The van der Waals surface area contributed by atoms with Crippen molar-refractivity contribution in [3.8, 4) is 11.4 Å². The second-order valence-corrected chi connectivity index (χ2v) is 6.01. The molecule has 0 saturated carbocycles. The van der Waals surface area contributed by atoms with E-state index in [-0.39, 0.29) is 0 Å². The summed E-state index contributed by atoms with van der Waals surface area (Å²) >= 11 is 0. The first-order chi connectivity index (χ1) is 12.3. The van der Waals surface area contributed by atoms with E-state index in [1.165, 1.54) is 0 Å². The Balaban J connectivity index is 1.87. The number of nitrogens with two attached hydrogens (primary N) is 1. The Morgan fingerprint density at radius 1 is 0.680 bits per heavy atom. The van der Waals surface area contributed by atoms with Crippen LogP contribution >= 0.6 is 0 Å². The highest BCUT2D eigenvalue weighted by Crippen LogP contribution is 2.32. The van der Waals surface area contributed by atoms with Crippen LogP contribution in [-0.4, -0.2) is 15.0 Å². The summed E-state index contributed by atoms with van der Waals surface area (Å²) < 4.78 is 0. The first kappa shape index (κ1) is 13.9. The number of anilines is 1. The lowest BCUT2D eigenvalue weighted by Gasteiger charge is -2.09. The van der Waals surface area contributed by atoms with Crippen LogP contribution in [0.1, 0.15) is 0 Å². The fourth-order valence-corrected chi connectivity index (χ4v) is 3.22. The number of nitrogen functional groups attached to an aromatic ring is 1. The minimum Gasteiger partial charge on any atom is -0.398 e. The van der Waals surface area contributed by atoms with Gasteiger partial charge in [0, 0.05) is 22.5 Å². The van der Waals surface area contributed by atoms with Gasteiger partial charge in [0.1, 0.15) is 0 Å². The normalized spacial score (nSPS) is 11.4. The van der Waals surface area contributed by atoms with Gasteiger partial charge in [-0.2, -0.15) is 0 Å². The minimum atomic E-state index is 0.621. The van der Waals surface area contributed by atoms with Crippen LogP contribution in [0.25, 0.3) is 44.1 Å². The molecule has 0 amide bonds. The van der Waals surface area contributed by atoms with Crippen molar-refractivity contribution in [3.63, 3.8) is 0 Å². The summed E-state index contributed by atoms with van der Waals surface area (Å²) in [7, 11) is 0. The molecule has 2 heterocycles. The summed E-state index contributed by atoms with van der Waals surface area (Å²) in [6.45, 7) is 0. The van der Waals surface area contributed by atoms with Gasteiger partial charge in [0.2, 0.25) is 0 Å². The average Bonchev–Trinajstić information content (AvgIpc) is 2.68. The van der Waals surface area contributed by atoms with Gasteiger partial charge in [-0.1, -0.05) is 66.7 Å². The molecule has 0 aliphatic rings. The highest BCUT2D eigenvalue weighted by atomic mass is 14.9. The van der Waals surface area contributed by atoms with Crippen molar-refractivity contribution in [2.75, 3.05) is 5.73 Å². The first-order valence-corrected chi connectivity index (χ1v) is 8.10. The van der Waals surface area contributed by atoms with Crippen LogP contribution < -0.4 is 5.73 Å². The number of nitrogens with zero attached hydrogens (tertiary/aromatic N) is 3. The fourth-order valence-electron chi connectivity index (χ4n) is 3.22. The van der Waals surface area contributed by atoms with Gasteiger partial charge in [0.05, 0.1) is 16.6 Å². The monoisotopic (exact) mass is 322 g/mol. The lowest BCUT2D eigenvalue weighted by Crippen LogP contribution is -1.98. The summed E-state index contributed by atoms with van der Waals surface area (Å²) in [6.07, 6.45) is 1.77. The second kappa shape index (κ2) is 5.24. The van der Waals surface area contributed by atoms with E-state index in [1.807, 2.05) is 48.5 Å². The third-order valence-electron chi connectivity index (χ3n) is 4.50. The Morgan fingerprint density at radius 3 is 2.36 bits per heavy atom. The first-order valence-electron chi connectivity index (χ1n) is 8.10. The molecule has 0 saturated heterocycles. The SMILES string of the molecule is Nc1c2cnc(-c3ccccc3)nc2nc2c1ccc1ccccc12. The predicted octanol–water partition coefficient (Wildman–Crippen LogP) is 4.58. The van der Waals surface area contributed by atoms with Crippen molar-refractivity contribution in [1.29, 1.82) is 0 Å². The Kier molecular flexibility index (Phi) is 2.91. The maximum atomic E-state index is 6.41. The topological polar surface area (TPSA) is 64.7 Å². The second-order valence-electron chi connectivity index (χ2n) is 6.01. The summed E-state index contributed by atoms with van der Waals surface area (Å²) in [5.41, 5.74) is 9.54. The van der Waals surface area contributed by atoms with Gasteiger partial charge >= 0.3 is 0 Å². The van der Waals surface area contributed by atoms with E-state index in [2.05, 4.69) is 28.2 Å². The summed E-state index contributed by atoms with van der Waals surface area (Å²) in [6, 6.07) is 22.2. The van der Waals surface area contributed by atoms with Crippen LogP contribution in [0.3, 0.4) is 0 Å². The van der Waals surface area contributed by atoms with Crippen molar-refractivity contribution < 1.29 is 0 Å². The van der Waals surface area contributed by atoms with Gasteiger partial charge in [-0.25, -0.2) is 15.0 Å². The summed E-state index contributed by atoms with van der Waals surface area (Å²) in [5.74, 6) is 0.652. The molecule has 4 heteroatoms. The molecule has 0 radical (unpaired) electrons. The number of hydrogen-bond acceptors (Lipinski definition) is 4. The largest absolute Gasteiger partial charge is 0.398 e. The Morgan fingerprint density at radius 2 is 1.48 bits per heavy atom. The smallest absolute Gasteiger partial charge is 0.165 e. The van der Waals surface area contributed by atoms with E-state index in [9.17, 15) is 0 Å². The van der Waals surface area contributed by atoms with Gasteiger partial charge in [-0.05, 0) is 5.39 Å². The molecule has 0 fully saturated rings. The minimum absolute atomic E-state index is 0.621. The van der Waals surface area contributed by atoms with Crippen molar-refractivity contribution >= 4 is 38.4 Å². The molecule has 5 aromatic rings. The molecule has 0 spiro atoms. The Bertz CT molecular complexity index is 1250. The van der Waals surface area contributed by atoms with E-state index in [1.54, 1.807) is 6.20 Å². The van der Waals surface area contributed by atoms with Crippen molar-refractivity contribution in [1.82, 2.24) is 15.0 Å². The number of hydrogen-bond donors (Lipinski definition) is 1. The summed E-state index contributed by atoms with van der Waals surface area (Å²) in [5, 5.41) is 3.93. The zero-order chi connectivity index (χ0) is 16.8. The highest BCUT2D eigenvalue weighted by Gasteiger charge is 2.12. The molecule has 118 valence electrons. The quantitative estimate of drug-likeness (QED) is 0.362. The molecule has 2 N–H and O–H groups in total. The zero-order valence-corrected chi connectivity index (χ0v) is 13.3. The molecular weight excluding hydrogens is 308 g/mol. The number of aromatic nitrogens is 3. The van der Waals surface area contributed by atoms with E-state index in [0.29, 0.717) is 17.2 Å². The Labute approximate surface area is 144 Å². The number of pyridine rings is 1. The van der Waals surface area contributed by atoms with Crippen LogP contribution in [0.5, 0.6) is 0 Å². The molecule has 0 bridgehead atoms. The Hall–Kier alpha value is -3.53. The van der Waals surface area contributed by atoms with E-state index < -0.39 is 0 Å². The maximum absolute atomic E-state index is 6.41. The van der Waals surface area contributed by atoms with Crippen molar-refractivity contribution in [3.05, 3.63) is 72.9 Å². The maximum Gasteiger partial charge on any atom is 0.165 e. The zero-order valence-electron chi connectivity index (χ0n) is 13.3. The fraction of sp³-hybridized carbons (Fsp3) is 0. The molecular formula is C21H14N4. The number of benzene rings is 3. The van der Waals surface area contributed by atoms with Crippen molar-refractivity contribution in [2.45, 2.75) is 0 Å². The van der Waals surface area contributed by atoms with Crippen molar-refractivity contribution in [2.24, 2.45) is 0 Å². The van der Waals surface area contributed by atoms with Gasteiger partial charge in [0.25, 0.3) is 0 Å². The van der Waals surface area contributed by atoms with Crippen LogP contribution in [0.2, 0.25) is 0 Å². The molecule has 4 nitrogen and oxygen atoms in total. The molecule has 3 aromatic carbocycles. The van der Waals surface area contributed by atoms with E-state index in [4.69, 9.17) is 10.7 Å². The third-order valence-corrected chi connectivity index (χ3v) is 4.50. The molecule has 0 aliphatic carbocycles. The predicted molar refractivity (Wildman–Crippen MR) is 102 cm³/mol. The van der Waals surface area contributed by atoms with Gasteiger partial charge in [-0.3, -0.25) is 0 Å². The third kappa shape index (κ3) is 2.11. The standard InChI is InChI=1S/C21H14N4/c22-18-16-11-10-13-6-4-5-9-15(13)19(16)24-21-17(18)12-23-20(25-21)14-7-2-1-3-8-14/h1-12H,(H2,22,23,24,25). The lowest BCUT2D eigenvalue weighted by molar-refractivity contribution is 1.20. The van der Waals surface area contributed by atoms with E-state index in [0.717, 1.165) is 32.6 Å².